The Kier molecular flexibility index (Phi) is 5.38. The zero-order chi connectivity index (χ0) is 22.6. The van der Waals surface area contributed by atoms with Crippen LogP contribution in [0.25, 0.3) is 0 Å². The van der Waals surface area contributed by atoms with E-state index in [-0.39, 0.29) is 16.5 Å². The predicted octanol–water partition coefficient (Wildman–Crippen LogP) is 5.91. The van der Waals surface area contributed by atoms with E-state index in [1.165, 1.54) is 22.3 Å². The Morgan fingerprint density at radius 1 is 0.613 bits per heavy atom. The van der Waals surface area contributed by atoms with Gasteiger partial charge in [0.15, 0.2) is 0 Å². The van der Waals surface area contributed by atoms with Crippen LogP contribution < -0.4 is 9.47 Å². The molecule has 4 heteroatoms. The molecule has 0 fully saturated rings. The average molecular weight is 423 g/mol. The fraction of sp³-hybridized carbons (Fsp3) is 0.556. The van der Waals surface area contributed by atoms with E-state index < -0.39 is 0 Å². The molecule has 0 bridgehead atoms. The Bertz CT molecular complexity index is 966. The van der Waals surface area contributed by atoms with Gasteiger partial charge in [0.2, 0.25) is 0 Å². The zero-order valence-electron chi connectivity index (χ0n) is 20.5. The lowest BCUT2D eigenvalue weighted by Gasteiger charge is -2.40. The average Bonchev–Trinajstić information content (AvgIpc) is 2.70. The number of nitrogens with zero attached hydrogens (tertiary/aromatic N) is 2. The Balaban J connectivity index is 1.61. The maximum atomic E-state index is 6.18. The standard InChI is InChI=1S/C27H38N2O2/c1-25(2,3)28-15-19-9-10-22(14-24(19)31-18-28)27(7,8)21-11-12-23-20(13-21)16-29(17-30-23)26(4,5)6/h9-14H,15-18H2,1-8H3. The van der Waals surface area contributed by atoms with Crippen molar-refractivity contribution in [1.29, 1.82) is 0 Å². The summed E-state index contributed by atoms with van der Waals surface area (Å²) in [5.41, 5.74) is 5.17. The molecule has 2 aromatic rings. The summed E-state index contributed by atoms with van der Waals surface area (Å²) in [7, 11) is 0. The van der Waals surface area contributed by atoms with Crippen LogP contribution in [0.5, 0.6) is 11.5 Å². The van der Waals surface area contributed by atoms with Crippen LogP contribution in [0.15, 0.2) is 36.4 Å². The van der Waals surface area contributed by atoms with Crippen molar-refractivity contribution in [2.75, 3.05) is 13.5 Å². The highest BCUT2D eigenvalue weighted by atomic mass is 16.5. The van der Waals surface area contributed by atoms with Gasteiger partial charge in [-0.2, -0.15) is 0 Å². The molecule has 4 nitrogen and oxygen atoms in total. The number of hydrogen-bond donors (Lipinski definition) is 0. The minimum absolute atomic E-state index is 0.0833. The maximum absolute atomic E-state index is 6.18. The molecule has 0 aromatic heterocycles. The normalized spacial score (nSPS) is 18.1. The van der Waals surface area contributed by atoms with Crippen LogP contribution in [-0.2, 0) is 18.5 Å². The highest BCUT2D eigenvalue weighted by Gasteiger charge is 2.31. The molecule has 2 heterocycles. The van der Waals surface area contributed by atoms with Gasteiger partial charge in [-0.25, -0.2) is 0 Å². The number of hydrogen-bond acceptors (Lipinski definition) is 4. The molecule has 4 rings (SSSR count). The summed E-state index contributed by atoms with van der Waals surface area (Å²) < 4.78 is 12.2. The molecule has 0 saturated heterocycles. The van der Waals surface area contributed by atoms with E-state index in [9.17, 15) is 0 Å². The van der Waals surface area contributed by atoms with Gasteiger partial charge in [0.25, 0.3) is 0 Å². The zero-order valence-corrected chi connectivity index (χ0v) is 20.5. The van der Waals surface area contributed by atoms with Gasteiger partial charge in [-0.1, -0.05) is 32.0 Å². The first-order valence-electron chi connectivity index (χ1n) is 11.4. The Morgan fingerprint density at radius 3 is 1.74 bits per heavy atom. The van der Waals surface area contributed by atoms with Gasteiger partial charge in [0.05, 0.1) is 0 Å². The van der Waals surface area contributed by atoms with Crippen LogP contribution in [-0.4, -0.2) is 34.3 Å². The fourth-order valence-corrected chi connectivity index (χ4v) is 4.27. The lowest BCUT2D eigenvalue weighted by Crippen LogP contribution is -2.45. The first kappa shape index (κ1) is 22.2. The number of ether oxygens (including phenoxy) is 2. The van der Waals surface area contributed by atoms with Crippen molar-refractivity contribution in [1.82, 2.24) is 9.80 Å². The largest absolute Gasteiger partial charge is 0.478 e. The van der Waals surface area contributed by atoms with Crippen LogP contribution in [0, 0.1) is 0 Å². The van der Waals surface area contributed by atoms with E-state index in [4.69, 9.17) is 9.47 Å². The Morgan fingerprint density at radius 2 is 1.13 bits per heavy atom. The van der Waals surface area contributed by atoms with Gasteiger partial charge in [0.1, 0.15) is 25.0 Å². The third kappa shape index (κ3) is 4.33. The monoisotopic (exact) mass is 422 g/mol. The van der Waals surface area contributed by atoms with Crippen LogP contribution in [0.4, 0.5) is 0 Å². The smallest absolute Gasteiger partial charge is 0.142 e. The van der Waals surface area contributed by atoms with Gasteiger partial charge >= 0.3 is 0 Å². The summed E-state index contributed by atoms with van der Waals surface area (Å²) in [6.45, 7) is 21.1. The van der Waals surface area contributed by atoms with Crippen molar-refractivity contribution in [3.05, 3.63) is 58.7 Å². The molecule has 2 aliphatic rings. The highest BCUT2D eigenvalue weighted by Crippen LogP contribution is 2.39. The van der Waals surface area contributed by atoms with Gasteiger partial charge in [-0.3, -0.25) is 9.80 Å². The molecule has 2 aromatic carbocycles. The summed E-state index contributed by atoms with van der Waals surface area (Å²) in [5, 5.41) is 0. The van der Waals surface area contributed by atoms with E-state index in [0.717, 1.165) is 24.6 Å². The van der Waals surface area contributed by atoms with Gasteiger partial charge in [-0.05, 0) is 70.9 Å². The van der Waals surface area contributed by atoms with E-state index in [1.807, 2.05) is 0 Å². The molecule has 0 aliphatic carbocycles. The minimum atomic E-state index is -0.126. The second kappa shape index (κ2) is 7.53. The summed E-state index contributed by atoms with van der Waals surface area (Å²) in [6.07, 6.45) is 0. The van der Waals surface area contributed by atoms with Crippen molar-refractivity contribution in [2.45, 2.75) is 85.0 Å². The molecular weight excluding hydrogens is 384 g/mol. The molecule has 0 unspecified atom stereocenters. The summed E-state index contributed by atoms with van der Waals surface area (Å²) in [4.78, 5) is 4.74. The maximum Gasteiger partial charge on any atom is 0.142 e. The molecule has 2 aliphatic heterocycles. The molecule has 168 valence electrons. The number of rotatable bonds is 2. The van der Waals surface area contributed by atoms with E-state index in [2.05, 4.69) is 102 Å². The second-order valence-corrected chi connectivity index (χ2v) is 11.6. The SMILES string of the molecule is CC(C)(c1ccc2c(c1)CN(C(C)(C)C)CO2)c1ccc2c(c1)OCN(C(C)(C)C)C2. The Hall–Kier alpha value is -2.04. The first-order valence-corrected chi connectivity index (χ1v) is 11.4. The lowest BCUT2D eigenvalue weighted by atomic mass is 9.77. The van der Waals surface area contributed by atoms with E-state index in [1.54, 1.807) is 0 Å². The van der Waals surface area contributed by atoms with Crippen LogP contribution in [0.3, 0.4) is 0 Å². The summed E-state index contributed by atoms with van der Waals surface area (Å²) >= 11 is 0. The molecule has 0 radical (unpaired) electrons. The summed E-state index contributed by atoms with van der Waals surface area (Å²) in [6, 6.07) is 13.4. The first-order chi connectivity index (χ1) is 14.4. The van der Waals surface area contributed by atoms with Crippen LogP contribution in [0.2, 0.25) is 0 Å². The quantitative estimate of drug-likeness (QED) is 0.600. The molecule has 0 spiro atoms. The Labute approximate surface area is 188 Å². The van der Waals surface area contributed by atoms with E-state index in [0.29, 0.717) is 13.5 Å². The van der Waals surface area contributed by atoms with Crippen molar-refractivity contribution in [3.63, 3.8) is 0 Å². The molecule has 0 amide bonds. The molecular formula is C27H38N2O2. The summed E-state index contributed by atoms with van der Waals surface area (Å²) in [5.74, 6) is 2.03. The van der Waals surface area contributed by atoms with Gasteiger partial charge < -0.3 is 9.47 Å². The van der Waals surface area contributed by atoms with Crippen molar-refractivity contribution in [3.8, 4) is 11.5 Å². The van der Waals surface area contributed by atoms with E-state index >= 15 is 0 Å². The molecule has 0 saturated carbocycles. The third-order valence-electron chi connectivity index (χ3n) is 6.94. The topological polar surface area (TPSA) is 24.9 Å². The number of fused-ring (bicyclic) bond motifs is 2. The second-order valence-electron chi connectivity index (χ2n) is 11.6. The van der Waals surface area contributed by atoms with Crippen molar-refractivity contribution in [2.24, 2.45) is 0 Å². The van der Waals surface area contributed by atoms with Crippen molar-refractivity contribution < 1.29 is 9.47 Å². The highest BCUT2D eigenvalue weighted by molar-refractivity contribution is 5.48. The van der Waals surface area contributed by atoms with Crippen molar-refractivity contribution >= 4 is 0 Å². The van der Waals surface area contributed by atoms with Crippen LogP contribution in [0.1, 0.15) is 77.6 Å². The lowest BCUT2D eigenvalue weighted by molar-refractivity contribution is 0.0214. The number of benzene rings is 2. The van der Waals surface area contributed by atoms with Crippen LogP contribution >= 0.6 is 0 Å². The van der Waals surface area contributed by atoms with Gasteiger partial charge in [0, 0.05) is 40.7 Å². The molecule has 31 heavy (non-hydrogen) atoms. The molecule has 0 N–H and O–H groups in total. The van der Waals surface area contributed by atoms with Gasteiger partial charge in [-0.15, -0.1) is 0 Å². The third-order valence-corrected chi connectivity index (χ3v) is 6.94. The predicted molar refractivity (Wildman–Crippen MR) is 127 cm³/mol. The molecule has 0 atom stereocenters. The fourth-order valence-electron chi connectivity index (χ4n) is 4.27. The minimum Gasteiger partial charge on any atom is -0.478 e.